The van der Waals surface area contributed by atoms with Crippen molar-refractivity contribution in [2.75, 3.05) is 7.11 Å². The fourth-order valence-electron chi connectivity index (χ4n) is 3.03. The first-order valence-corrected chi connectivity index (χ1v) is 10.3. The van der Waals surface area contributed by atoms with Gasteiger partial charge >= 0.3 is 17.9 Å². The van der Waals surface area contributed by atoms with Gasteiger partial charge in [0.15, 0.2) is 11.5 Å². The van der Waals surface area contributed by atoms with E-state index in [-0.39, 0.29) is 17.9 Å². The largest absolute Gasteiger partial charge is 0.468 e. The summed E-state index contributed by atoms with van der Waals surface area (Å²) in [5.74, 6) is -1.67. The number of rotatable bonds is 7. The van der Waals surface area contributed by atoms with Crippen LogP contribution in [0.2, 0.25) is 0 Å². The van der Waals surface area contributed by atoms with Crippen LogP contribution >= 0.6 is 0 Å². The Labute approximate surface area is 192 Å². The van der Waals surface area contributed by atoms with Gasteiger partial charge in [0, 0.05) is 0 Å². The average molecular weight is 447 g/mol. The molecule has 3 aromatic carbocycles. The Balaban J connectivity index is 1.89. The summed E-state index contributed by atoms with van der Waals surface area (Å²) < 4.78 is 15.7. The minimum Gasteiger partial charge on any atom is -0.468 e. The molecule has 0 radical (unpaired) electrons. The lowest BCUT2D eigenvalue weighted by Gasteiger charge is -2.14. The molecule has 0 aliphatic carbocycles. The molecular formula is C26H25NO6. The molecule has 170 valence electrons. The lowest BCUT2D eigenvalue weighted by Crippen LogP contribution is -2.33. The van der Waals surface area contributed by atoms with Crippen LogP contribution in [0.4, 0.5) is 0 Å². The molecule has 0 saturated heterocycles. The maximum absolute atomic E-state index is 12.7. The summed E-state index contributed by atoms with van der Waals surface area (Å²) in [6.07, 6.45) is 0.147. The van der Waals surface area contributed by atoms with Gasteiger partial charge in [0.1, 0.15) is 6.04 Å². The number of hydrogen-bond donors (Lipinski definition) is 1. The van der Waals surface area contributed by atoms with Crippen molar-refractivity contribution in [1.29, 1.82) is 0 Å². The first-order valence-electron chi connectivity index (χ1n) is 10.3. The molecule has 0 aliphatic heterocycles. The number of esters is 3. The van der Waals surface area contributed by atoms with E-state index in [9.17, 15) is 14.4 Å². The van der Waals surface area contributed by atoms with E-state index >= 15 is 0 Å². The number of carbonyl (C=O) groups excluding carboxylic acids is 3. The highest BCUT2D eigenvalue weighted by molar-refractivity contribution is 5.93. The van der Waals surface area contributed by atoms with Gasteiger partial charge in [-0.1, -0.05) is 41.5 Å². The standard InChI is InChI=1S/C26H25NO6/c1-16-4-9-19(10-5-16)24(28)32-22-13-8-18(14-21(27)26(30)31-3)15-23(22)33-25(29)20-11-6-17(2)7-12-20/h4-13,15,21H,14,27H2,1-3H3/t21-/m0/s1. The first-order chi connectivity index (χ1) is 15.8. The zero-order valence-corrected chi connectivity index (χ0v) is 18.7. The Morgan fingerprint density at radius 3 is 1.73 bits per heavy atom. The molecule has 1 atom stereocenters. The maximum Gasteiger partial charge on any atom is 0.343 e. The monoisotopic (exact) mass is 447 g/mol. The van der Waals surface area contributed by atoms with E-state index in [2.05, 4.69) is 4.74 Å². The zero-order chi connectivity index (χ0) is 24.0. The molecule has 0 unspecified atom stereocenters. The molecule has 0 saturated carbocycles. The highest BCUT2D eigenvalue weighted by Gasteiger charge is 2.20. The van der Waals surface area contributed by atoms with Gasteiger partial charge in [-0.15, -0.1) is 0 Å². The van der Waals surface area contributed by atoms with Crippen LogP contribution in [0.5, 0.6) is 11.5 Å². The van der Waals surface area contributed by atoms with E-state index < -0.39 is 23.9 Å². The lowest BCUT2D eigenvalue weighted by molar-refractivity contribution is -0.142. The van der Waals surface area contributed by atoms with Crippen molar-refractivity contribution in [3.05, 3.63) is 94.5 Å². The van der Waals surface area contributed by atoms with Crippen molar-refractivity contribution < 1.29 is 28.6 Å². The average Bonchev–Trinajstić information content (AvgIpc) is 2.80. The third kappa shape index (κ3) is 6.27. The lowest BCUT2D eigenvalue weighted by atomic mass is 10.1. The quantitative estimate of drug-likeness (QED) is 0.434. The van der Waals surface area contributed by atoms with Crippen molar-refractivity contribution >= 4 is 17.9 Å². The van der Waals surface area contributed by atoms with Crippen LogP contribution in [0.15, 0.2) is 66.7 Å². The Bertz CT molecular complexity index is 1150. The molecule has 7 nitrogen and oxygen atoms in total. The third-order valence-electron chi connectivity index (χ3n) is 4.95. The molecule has 7 heteroatoms. The summed E-state index contributed by atoms with van der Waals surface area (Å²) in [6.45, 7) is 3.82. The number of aryl methyl sites for hydroxylation is 2. The Morgan fingerprint density at radius 1 is 0.758 bits per heavy atom. The molecule has 3 rings (SSSR count). The van der Waals surface area contributed by atoms with Crippen LogP contribution in [-0.2, 0) is 16.0 Å². The zero-order valence-electron chi connectivity index (χ0n) is 18.7. The van der Waals surface area contributed by atoms with Crippen LogP contribution in [0.25, 0.3) is 0 Å². The summed E-state index contributed by atoms with van der Waals surface area (Å²) >= 11 is 0. The van der Waals surface area contributed by atoms with Gasteiger partial charge < -0.3 is 19.9 Å². The maximum atomic E-state index is 12.7. The highest BCUT2D eigenvalue weighted by Crippen LogP contribution is 2.30. The molecular weight excluding hydrogens is 422 g/mol. The second-order valence-corrected chi connectivity index (χ2v) is 7.63. The molecule has 0 fully saturated rings. The molecule has 2 N–H and O–H groups in total. The number of methoxy groups -OCH3 is 1. The summed E-state index contributed by atoms with van der Waals surface area (Å²) in [7, 11) is 1.25. The Kier molecular flexibility index (Phi) is 7.58. The van der Waals surface area contributed by atoms with Gasteiger partial charge in [0.05, 0.1) is 18.2 Å². The van der Waals surface area contributed by atoms with Gasteiger partial charge in [-0.05, 0) is 62.2 Å². The first kappa shape index (κ1) is 23.7. The van der Waals surface area contributed by atoms with Crippen LogP contribution in [-0.4, -0.2) is 31.1 Å². The number of ether oxygens (including phenoxy) is 3. The van der Waals surface area contributed by atoms with E-state index in [4.69, 9.17) is 15.2 Å². The Hall–Kier alpha value is -3.97. The van der Waals surface area contributed by atoms with E-state index in [1.54, 1.807) is 54.6 Å². The number of carbonyl (C=O) groups is 3. The van der Waals surface area contributed by atoms with Gasteiger partial charge in [0.2, 0.25) is 0 Å². The molecule has 0 aliphatic rings. The van der Waals surface area contributed by atoms with Gasteiger partial charge in [-0.3, -0.25) is 4.79 Å². The van der Waals surface area contributed by atoms with Crippen LogP contribution < -0.4 is 15.2 Å². The Morgan fingerprint density at radius 2 is 1.24 bits per heavy atom. The second-order valence-electron chi connectivity index (χ2n) is 7.63. The molecule has 33 heavy (non-hydrogen) atoms. The van der Waals surface area contributed by atoms with Crippen LogP contribution in [0.1, 0.15) is 37.4 Å². The van der Waals surface area contributed by atoms with Crippen molar-refractivity contribution in [3.8, 4) is 11.5 Å². The molecule has 0 bridgehead atoms. The van der Waals surface area contributed by atoms with Gasteiger partial charge in [0.25, 0.3) is 0 Å². The molecule has 0 amide bonds. The SMILES string of the molecule is COC(=O)[C@@H](N)Cc1ccc(OC(=O)c2ccc(C)cc2)c(OC(=O)c2ccc(C)cc2)c1. The third-order valence-corrected chi connectivity index (χ3v) is 4.95. The molecule has 0 aromatic heterocycles. The van der Waals surface area contributed by atoms with E-state index in [0.717, 1.165) is 11.1 Å². The topological polar surface area (TPSA) is 105 Å². The van der Waals surface area contributed by atoms with Crippen molar-refractivity contribution in [1.82, 2.24) is 0 Å². The predicted molar refractivity (Wildman–Crippen MR) is 122 cm³/mol. The fourth-order valence-corrected chi connectivity index (χ4v) is 3.03. The normalized spacial score (nSPS) is 11.4. The molecule has 3 aromatic rings. The summed E-state index contributed by atoms with van der Waals surface area (Å²) in [5.41, 5.74) is 9.16. The summed E-state index contributed by atoms with van der Waals surface area (Å²) in [4.78, 5) is 37.0. The summed E-state index contributed by atoms with van der Waals surface area (Å²) in [5, 5.41) is 0. The van der Waals surface area contributed by atoms with Crippen LogP contribution in [0, 0.1) is 13.8 Å². The van der Waals surface area contributed by atoms with Crippen LogP contribution in [0.3, 0.4) is 0 Å². The van der Waals surface area contributed by atoms with E-state index in [1.807, 2.05) is 13.8 Å². The predicted octanol–water partition coefficient (Wildman–Crippen LogP) is 3.78. The van der Waals surface area contributed by atoms with Crippen molar-refractivity contribution in [3.63, 3.8) is 0 Å². The number of nitrogens with two attached hydrogens (primary N) is 1. The van der Waals surface area contributed by atoms with E-state index in [0.29, 0.717) is 16.7 Å². The molecule has 0 spiro atoms. The summed E-state index contributed by atoms with van der Waals surface area (Å²) in [6, 6.07) is 17.6. The smallest absolute Gasteiger partial charge is 0.343 e. The number of hydrogen-bond acceptors (Lipinski definition) is 7. The minimum atomic E-state index is -0.892. The highest BCUT2D eigenvalue weighted by atomic mass is 16.6. The van der Waals surface area contributed by atoms with Crippen molar-refractivity contribution in [2.24, 2.45) is 5.73 Å². The molecule has 0 heterocycles. The second kappa shape index (κ2) is 10.6. The fraction of sp³-hybridized carbons (Fsp3) is 0.192. The van der Waals surface area contributed by atoms with Gasteiger partial charge in [-0.2, -0.15) is 0 Å². The number of benzene rings is 3. The van der Waals surface area contributed by atoms with Crippen molar-refractivity contribution in [2.45, 2.75) is 26.3 Å². The minimum absolute atomic E-state index is 0.0376. The van der Waals surface area contributed by atoms with E-state index in [1.165, 1.54) is 19.2 Å². The van der Waals surface area contributed by atoms with Gasteiger partial charge in [-0.25, -0.2) is 9.59 Å².